The lowest BCUT2D eigenvalue weighted by Crippen LogP contribution is -2.31. The Kier molecular flexibility index (Phi) is 5.27. The van der Waals surface area contributed by atoms with Crippen LogP contribution in [0.2, 0.25) is 0 Å². The number of carbonyl (C=O) groups excluding carboxylic acids is 1. The minimum absolute atomic E-state index is 0.177. The number of nitrogens with one attached hydrogen (secondary N) is 2. The third kappa shape index (κ3) is 5.76. The van der Waals surface area contributed by atoms with Crippen LogP contribution >= 0.6 is 0 Å². The number of amides is 2. The molecule has 2 amide bonds. The molecule has 0 fully saturated rings. The van der Waals surface area contributed by atoms with E-state index in [4.69, 9.17) is 0 Å². The zero-order valence-corrected chi connectivity index (χ0v) is 10.7. The number of benzene rings is 1. The van der Waals surface area contributed by atoms with Gasteiger partial charge < -0.3 is 10.6 Å². The van der Waals surface area contributed by atoms with Gasteiger partial charge in [-0.2, -0.15) is 0 Å². The predicted molar refractivity (Wildman–Crippen MR) is 70.5 cm³/mol. The van der Waals surface area contributed by atoms with Crippen LogP contribution < -0.4 is 10.6 Å². The molecule has 0 bridgehead atoms. The Hall–Kier alpha value is -1.77. The molecule has 0 heterocycles. The average molecular weight is 232 g/mol. The van der Waals surface area contributed by atoms with E-state index in [1.54, 1.807) is 6.20 Å². The number of rotatable bonds is 4. The van der Waals surface area contributed by atoms with E-state index in [1.807, 2.05) is 31.2 Å². The highest BCUT2D eigenvalue weighted by molar-refractivity contribution is 5.74. The SMILES string of the molecule is Cc1cccc(CNC(=O)N/C=C/C(C)C)c1. The van der Waals surface area contributed by atoms with Crippen LogP contribution in [0.15, 0.2) is 36.5 Å². The molecular formula is C14H20N2O. The van der Waals surface area contributed by atoms with Crippen LogP contribution in [-0.4, -0.2) is 6.03 Å². The van der Waals surface area contributed by atoms with Gasteiger partial charge in [0.15, 0.2) is 0 Å². The molecule has 1 aromatic carbocycles. The van der Waals surface area contributed by atoms with Crippen LogP contribution in [-0.2, 0) is 6.54 Å². The summed E-state index contributed by atoms with van der Waals surface area (Å²) in [6, 6.07) is 7.91. The number of hydrogen-bond acceptors (Lipinski definition) is 1. The minimum Gasteiger partial charge on any atom is -0.334 e. The van der Waals surface area contributed by atoms with Crippen molar-refractivity contribution < 1.29 is 4.79 Å². The Morgan fingerprint density at radius 2 is 2.18 bits per heavy atom. The maximum absolute atomic E-state index is 11.4. The minimum atomic E-state index is -0.177. The van der Waals surface area contributed by atoms with E-state index in [9.17, 15) is 4.79 Å². The van der Waals surface area contributed by atoms with Gasteiger partial charge in [-0.15, -0.1) is 0 Å². The van der Waals surface area contributed by atoms with E-state index < -0.39 is 0 Å². The van der Waals surface area contributed by atoms with Crippen molar-refractivity contribution in [2.45, 2.75) is 27.3 Å². The molecular weight excluding hydrogens is 212 g/mol. The zero-order chi connectivity index (χ0) is 12.7. The van der Waals surface area contributed by atoms with Gasteiger partial charge in [-0.3, -0.25) is 0 Å². The molecule has 0 atom stereocenters. The third-order valence-corrected chi connectivity index (χ3v) is 2.23. The Morgan fingerprint density at radius 3 is 2.82 bits per heavy atom. The second-order valence-electron chi connectivity index (χ2n) is 4.42. The van der Waals surface area contributed by atoms with Gasteiger partial charge in [0, 0.05) is 12.7 Å². The van der Waals surface area contributed by atoms with E-state index >= 15 is 0 Å². The molecule has 0 saturated carbocycles. The summed E-state index contributed by atoms with van der Waals surface area (Å²) in [6.07, 6.45) is 3.61. The standard InChI is InChI=1S/C14H20N2O/c1-11(2)7-8-15-14(17)16-10-13-6-4-5-12(3)9-13/h4-9,11H,10H2,1-3H3,(H2,15,16,17)/b8-7+. The zero-order valence-electron chi connectivity index (χ0n) is 10.7. The van der Waals surface area contributed by atoms with Crippen molar-refractivity contribution in [3.05, 3.63) is 47.7 Å². The molecule has 1 aromatic rings. The Balaban J connectivity index is 2.33. The normalized spacial score (nSPS) is 10.8. The topological polar surface area (TPSA) is 41.1 Å². The van der Waals surface area contributed by atoms with Crippen molar-refractivity contribution in [2.75, 3.05) is 0 Å². The summed E-state index contributed by atoms with van der Waals surface area (Å²) in [5.74, 6) is 0.437. The first kappa shape index (κ1) is 13.3. The molecule has 3 heteroatoms. The molecule has 2 N–H and O–H groups in total. The fraction of sp³-hybridized carbons (Fsp3) is 0.357. The van der Waals surface area contributed by atoms with Gasteiger partial charge >= 0.3 is 6.03 Å². The van der Waals surface area contributed by atoms with Crippen molar-refractivity contribution in [3.63, 3.8) is 0 Å². The van der Waals surface area contributed by atoms with E-state index in [-0.39, 0.29) is 6.03 Å². The van der Waals surface area contributed by atoms with Gasteiger partial charge in [-0.25, -0.2) is 4.79 Å². The summed E-state index contributed by atoms with van der Waals surface area (Å²) in [5, 5.41) is 5.47. The molecule has 0 aromatic heterocycles. The smallest absolute Gasteiger partial charge is 0.319 e. The molecule has 0 aliphatic rings. The molecule has 0 saturated heterocycles. The molecule has 0 aliphatic heterocycles. The molecule has 0 unspecified atom stereocenters. The summed E-state index contributed by atoms with van der Waals surface area (Å²) in [7, 11) is 0. The summed E-state index contributed by atoms with van der Waals surface area (Å²) in [6.45, 7) is 6.70. The van der Waals surface area contributed by atoms with Crippen molar-refractivity contribution in [1.29, 1.82) is 0 Å². The van der Waals surface area contributed by atoms with E-state index in [0.717, 1.165) is 5.56 Å². The second-order valence-corrected chi connectivity index (χ2v) is 4.42. The maximum atomic E-state index is 11.4. The highest BCUT2D eigenvalue weighted by atomic mass is 16.2. The van der Waals surface area contributed by atoms with Gasteiger partial charge in [0.2, 0.25) is 0 Å². The molecule has 0 radical (unpaired) electrons. The highest BCUT2D eigenvalue weighted by Gasteiger charge is 1.97. The number of aryl methyl sites for hydroxylation is 1. The van der Waals surface area contributed by atoms with Gasteiger partial charge in [0.25, 0.3) is 0 Å². The van der Waals surface area contributed by atoms with Crippen LogP contribution in [0.25, 0.3) is 0 Å². The van der Waals surface area contributed by atoms with E-state index in [2.05, 4.69) is 30.5 Å². The van der Waals surface area contributed by atoms with E-state index in [0.29, 0.717) is 12.5 Å². The number of hydrogen-bond donors (Lipinski definition) is 2. The quantitative estimate of drug-likeness (QED) is 0.823. The maximum Gasteiger partial charge on any atom is 0.319 e. The molecule has 3 nitrogen and oxygen atoms in total. The Labute approximate surface area is 103 Å². The van der Waals surface area contributed by atoms with Crippen molar-refractivity contribution in [1.82, 2.24) is 10.6 Å². The van der Waals surface area contributed by atoms with Gasteiger partial charge in [-0.1, -0.05) is 49.8 Å². The second kappa shape index (κ2) is 6.74. The molecule has 17 heavy (non-hydrogen) atoms. The first-order valence-electron chi connectivity index (χ1n) is 5.84. The van der Waals surface area contributed by atoms with Crippen LogP contribution in [0.5, 0.6) is 0 Å². The highest BCUT2D eigenvalue weighted by Crippen LogP contribution is 2.02. The van der Waals surface area contributed by atoms with Crippen LogP contribution in [0.4, 0.5) is 4.79 Å². The fourth-order valence-corrected chi connectivity index (χ4v) is 1.37. The largest absolute Gasteiger partial charge is 0.334 e. The van der Waals surface area contributed by atoms with E-state index in [1.165, 1.54) is 5.56 Å². The molecule has 92 valence electrons. The summed E-state index contributed by atoms with van der Waals surface area (Å²) in [5.41, 5.74) is 2.30. The van der Waals surface area contributed by atoms with Crippen LogP contribution in [0.3, 0.4) is 0 Å². The fourth-order valence-electron chi connectivity index (χ4n) is 1.37. The molecule has 1 rings (SSSR count). The summed E-state index contributed by atoms with van der Waals surface area (Å²) >= 11 is 0. The van der Waals surface area contributed by atoms with Gasteiger partial charge in [0.1, 0.15) is 0 Å². The first-order chi connectivity index (χ1) is 8.08. The van der Waals surface area contributed by atoms with Crippen molar-refractivity contribution >= 4 is 6.03 Å². The predicted octanol–water partition coefficient (Wildman–Crippen LogP) is 2.96. The van der Waals surface area contributed by atoms with Crippen molar-refractivity contribution in [2.24, 2.45) is 5.92 Å². The first-order valence-corrected chi connectivity index (χ1v) is 5.84. The molecule has 0 aliphatic carbocycles. The summed E-state index contributed by atoms with van der Waals surface area (Å²) < 4.78 is 0. The van der Waals surface area contributed by atoms with Gasteiger partial charge in [0.05, 0.1) is 0 Å². The lowest BCUT2D eigenvalue weighted by atomic mass is 10.1. The lowest BCUT2D eigenvalue weighted by molar-refractivity contribution is 0.243. The number of allylic oxidation sites excluding steroid dienone is 1. The Bertz CT molecular complexity index is 397. The van der Waals surface area contributed by atoms with Crippen molar-refractivity contribution in [3.8, 4) is 0 Å². The average Bonchev–Trinajstić information content (AvgIpc) is 2.26. The van der Waals surface area contributed by atoms with Gasteiger partial charge in [-0.05, 0) is 18.4 Å². The van der Waals surface area contributed by atoms with Crippen LogP contribution in [0.1, 0.15) is 25.0 Å². The monoisotopic (exact) mass is 232 g/mol. The Morgan fingerprint density at radius 1 is 1.41 bits per heavy atom. The number of urea groups is 1. The summed E-state index contributed by atoms with van der Waals surface area (Å²) in [4.78, 5) is 11.4. The number of carbonyl (C=O) groups is 1. The van der Waals surface area contributed by atoms with Crippen LogP contribution in [0, 0.1) is 12.8 Å². The molecule has 0 spiro atoms. The lowest BCUT2D eigenvalue weighted by Gasteiger charge is -2.05. The third-order valence-electron chi connectivity index (χ3n) is 2.23.